The lowest BCUT2D eigenvalue weighted by Gasteiger charge is -2.25. The predicted octanol–water partition coefficient (Wildman–Crippen LogP) is 4.83. The van der Waals surface area contributed by atoms with Gasteiger partial charge in [0.05, 0.1) is 6.61 Å². The molecule has 15 heavy (non-hydrogen) atoms. The van der Waals surface area contributed by atoms with Gasteiger partial charge >= 0.3 is 0 Å². The molecule has 0 amide bonds. The van der Waals surface area contributed by atoms with E-state index in [-0.39, 0.29) is 0 Å². The fraction of sp³-hybridized carbons (Fsp3) is 0.846. The Bertz CT molecular complexity index is 147. The normalized spacial score (nSPS) is 25.3. The molecule has 0 aliphatic heterocycles. The minimum atomic E-state index is 0.676. The molecule has 0 bridgehead atoms. The van der Waals surface area contributed by atoms with Crippen molar-refractivity contribution in [1.29, 1.82) is 0 Å². The maximum absolute atomic E-state index is 5.37. The maximum atomic E-state index is 5.37. The van der Waals surface area contributed by atoms with E-state index in [4.69, 9.17) is 4.18 Å². The van der Waals surface area contributed by atoms with E-state index in [2.05, 4.69) is 27.4 Å². The number of hydrogen-bond donors (Lipinski definition) is 0. The van der Waals surface area contributed by atoms with Crippen LogP contribution in [-0.2, 0) is 4.18 Å². The smallest absolute Gasteiger partial charge is 0.0792 e. The van der Waals surface area contributed by atoms with Crippen molar-refractivity contribution in [3.05, 3.63) is 12.7 Å². The van der Waals surface area contributed by atoms with E-state index in [0.717, 1.165) is 11.2 Å². The zero-order valence-electron chi connectivity index (χ0n) is 10.5. The van der Waals surface area contributed by atoms with Gasteiger partial charge in [0.1, 0.15) is 0 Å². The molecule has 0 heterocycles. The summed E-state index contributed by atoms with van der Waals surface area (Å²) in [6.07, 6.45) is 8.47. The van der Waals surface area contributed by atoms with Crippen LogP contribution in [0.25, 0.3) is 0 Å². The van der Waals surface area contributed by atoms with Crippen LogP contribution < -0.4 is 0 Å². The standard InChI is InChI=1S/C10H18OS.C3H8/c1-3-7-11-12-10-6-4-5-9(2)8-10;1-3-2/h3,9-10H,1,4-8H2,2H3;3H2,1-2H3/t9-,10+;/m1./s1. The van der Waals surface area contributed by atoms with E-state index in [0.29, 0.717) is 6.61 Å². The van der Waals surface area contributed by atoms with Gasteiger partial charge in [-0.2, -0.15) is 0 Å². The van der Waals surface area contributed by atoms with Crippen LogP contribution in [0.5, 0.6) is 0 Å². The molecule has 1 aliphatic carbocycles. The molecule has 0 radical (unpaired) electrons. The largest absolute Gasteiger partial charge is 0.311 e. The second-order valence-electron chi connectivity index (χ2n) is 4.27. The topological polar surface area (TPSA) is 9.23 Å². The Morgan fingerprint density at radius 3 is 2.60 bits per heavy atom. The van der Waals surface area contributed by atoms with Gasteiger partial charge in [0, 0.05) is 5.25 Å². The van der Waals surface area contributed by atoms with Gasteiger partial charge in [0.2, 0.25) is 0 Å². The molecule has 0 spiro atoms. The first-order valence-corrected chi connectivity index (χ1v) is 6.94. The van der Waals surface area contributed by atoms with Crippen molar-refractivity contribution in [3.63, 3.8) is 0 Å². The van der Waals surface area contributed by atoms with Crippen LogP contribution >= 0.6 is 12.0 Å². The van der Waals surface area contributed by atoms with Crippen LogP contribution in [0, 0.1) is 5.92 Å². The molecule has 1 saturated carbocycles. The zero-order valence-corrected chi connectivity index (χ0v) is 11.3. The summed E-state index contributed by atoms with van der Waals surface area (Å²) >= 11 is 1.65. The highest BCUT2D eigenvalue weighted by molar-refractivity contribution is 7.95. The molecule has 1 fully saturated rings. The van der Waals surface area contributed by atoms with Gasteiger partial charge in [-0.15, -0.1) is 6.58 Å². The van der Waals surface area contributed by atoms with Crippen molar-refractivity contribution >= 4 is 12.0 Å². The highest BCUT2D eigenvalue weighted by atomic mass is 32.2. The molecule has 2 atom stereocenters. The van der Waals surface area contributed by atoms with Gasteiger partial charge in [0.25, 0.3) is 0 Å². The molecule has 0 N–H and O–H groups in total. The highest BCUT2D eigenvalue weighted by Crippen LogP contribution is 2.32. The van der Waals surface area contributed by atoms with Crippen molar-refractivity contribution in [2.45, 2.75) is 58.1 Å². The average Bonchev–Trinajstić information content (AvgIpc) is 2.19. The third kappa shape index (κ3) is 9.01. The Kier molecular flexibility index (Phi) is 10.6. The van der Waals surface area contributed by atoms with E-state index in [1.54, 1.807) is 18.1 Å². The molecule has 1 nitrogen and oxygen atoms in total. The molecular formula is C13H26OS. The third-order valence-electron chi connectivity index (χ3n) is 2.28. The van der Waals surface area contributed by atoms with Gasteiger partial charge in [-0.05, 0) is 30.8 Å². The number of hydrogen-bond acceptors (Lipinski definition) is 2. The SMILES string of the molecule is C=CCOS[C@H]1CCC[C@@H](C)C1.CCC. The minimum Gasteiger partial charge on any atom is -0.311 e. The lowest BCUT2D eigenvalue weighted by molar-refractivity contribution is 0.369. The second kappa shape index (κ2) is 10.6. The molecule has 0 aromatic carbocycles. The van der Waals surface area contributed by atoms with E-state index in [1.807, 2.05) is 0 Å². The van der Waals surface area contributed by atoms with Crippen LogP contribution in [-0.4, -0.2) is 11.9 Å². The lowest BCUT2D eigenvalue weighted by Crippen LogP contribution is -2.15. The van der Waals surface area contributed by atoms with Gasteiger partial charge in [-0.1, -0.05) is 46.1 Å². The Labute approximate surface area is 99.9 Å². The quantitative estimate of drug-likeness (QED) is 0.388. The summed E-state index contributed by atoms with van der Waals surface area (Å²) in [6.45, 7) is 10.9. The molecule has 1 rings (SSSR count). The summed E-state index contributed by atoms with van der Waals surface area (Å²) in [5, 5.41) is 0.730. The molecule has 90 valence electrons. The Morgan fingerprint density at radius 1 is 1.40 bits per heavy atom. The Hall–Kier alpha value is 0.0500. The van der Waals surface area contributed by atoms with Crippen LogP contribution in [0.3, 0.4) is 0 Å². The van der Waals surface area contributed by atoms with E-state index in [9.17, 15) is 0 Å². The first kappa shape index (κ1) is 15.0. The van der Waals surface area contributed by atoms with Gasteiger partial charge in [-0.25, -0.2) is 0 Å². The second-order valence-corrected chi connectivity index (χ2v) is 5.37. The molecule has 0 unspecified atom stereocenters. The summed E-state index contributed by atoms with van der Waals surface area (Å²) in [7, 11) is 0. The molecule has 2 heteroatoms. The first-order chi connectivity index (χ1) is 7.24. The van der Waals surface area contributed by atoms with Gasteiger partial charge in [-0.3, -0.25) is 0 Å². The minimum absolute atomic E-state index is 0.676. The van der Waals surface area contributed by atoms with Gasteiger partial charge < -0.3 is 4.18 Å². The summed E-state index contributed by atoms with van der Waals surface area (Å²) in [5.74, 6) is 0.892. The fourth-order valence-electron chi connectivity index (χ4n) is 1.65. The molecule has 0 saturated heterocycles. The number of rotatable bonds is 4. The third-order valence-corrected chi connectivity index (χ3v) is 3.25. The maximum Gasteiger partial charge on any atom is 0.0792 e. The summed E-state index contributed by atoms with van der Waals surface area (Å²) in [6, 6.07) is 0. The Morgan fingerprint density at radius 2 is 2.07 bits per heavy atom. The van der Waals surface area contributed by atoms with Gasteiger partial charge in [0.15, 0.2) is 0 Å². The van der Waals surface area contributed by atoms with Crippen molar-refractivity contribution < 1.29 is 4.18 Å². The molecular weight excluding hydrogens is 204 g/mol. The van der Waals surface area contributed by atoms with Crippen LogP contribution in [0.4, 0.5) is 0 Å². The van der Waals surface area contributed by atoms with E-state index < -0.39 is 0 Å². The highest BCUT2D eigenvalue weighted by Gasteiger charge is 2.19. The fourth-order valence-corrected chi connectivity index (χ4v) is 2.69. The molecule has 0 aromatic rings. The summed E-state index contributed by atoms with van der Waals surface area (Å²) in [4.78, 5) is 0. The van der Waals surface area contributed by atoms with E-state index >= 15 is 0 Å². The van der Waals surface area contributed by atoms with Crippen LogP contribution in [0.2, 0.25) is 0 Å². The summed E-state index contributed by atoms with van der Waals surface area (Å²) in [5.41, 5.74) is 0. The van der Waals surface area contributed by atoms with E-state index in [1.165, 1.54) is 32.1 Å². The van der Waals surface area contributed by atoms with Crippen LogP contribution in [0.1, 0.15) is 52.9 Å². The average molecular weight is 230 g/mol. The predicted molar refractivity (Wildman–Crippen MR) is 71.1 cm³/mol. The van der Waals surface area contributed by atoms with Crippen molar-refractivity contribution in [1.82, 2.24) is 0 Å². The molecule has 1 aliphatic rings. The van der Waals surface area contributed by atoms with Crippen LogP contribution in [0.15, 0.2) is 12.7 Å². The zero-order chi connectivity index (χ0) is 11.5. The summed E-state index contributed by atoms with van der Waals surface area (Å²) < 4.78 is 5.37. The van der Waals surface area contributed by atoms with Crippen molar-refractivity contribution in [3.8, 4) is 0 Å². The first-order valence-electron chi connectivity index (χ1n) is 6.13. The molecule has 0 aromatic heterocycles. The van der Waals surface area contributed by atoms with Crippen molar-refractivity contribution in [2.24, 2.45) is 5.92 Å². The lowest BCUT2D eigenvalue weighted by atomic mass is 9.91. The monoisotopic (exact) mass is 230 g/mol. The Balaban J connectivity index is 0.000000583. The van der Waals surface area contributed by atoms with Crippen molar-refractivity contribution in [2.75, 3.05) is 6.61 Å².